The lowest BCUT2D eigenvalue weighted by Crippen LogP contribution is -2.14. The van der Waals surface area contributed by atoms with E-state index in [1.54, 1.807) is 54.6 Å². The first-order chi connectivity index (χ1) is 12.1. The summed E-state index contributed by atoms with van der Waals surface area (Å²) in [5, 5.41) is 20.0. The van der Waals surface area contributed by atoms with Gasteiger partial charge >= 0.3 is 5.97 Å². The Balaban J connectivity index is 1.92. The first-order valence-electron chi connectivity index (χ1n) is 7.26. The third-order valence-electron chi connectivity index (χ3n) is 3.17. The topological polar surface area (TPSA) is 103 Å². The van der Waals surface area contributed by atoms with E-state index in [1.165, 1.54) is 18.3 Å². The number of nitrogens with zero attached hydrogens (tertiary/aromatic N) is 2. The number of carbonyl (C=O) groups is 2. The number of hydrogen-bond acceptors (Lipinski definition) is 6. The molecule has 0 aliphatic heterocycles. The fourth-order valence-corrected chi connectivity index (χ4v) is 1.87. The predicted molar refractivity (Wildman–Crippen MR) is 90.4 cm³/mol. The van der Waals surface area contributed by atoms with Crippen LogP contribution in [0.3, 0.4) is 0 Å². The molecule has 1 N–H and O–H groups in total. The van der Waals surface area contributed by atoms with E-state index in [0.717, 1.165) is 0 Å². The van der Waals surface area contributed by atoms with Crippen molar-refractivity contribution in [1.29, 1.82) is 10.5 Å². The van der Waals surface area contributed by atoms with Gasteiger partial charge in [-0.15, -0.1) is 0 Å². The summed E-state index contributed by atoms with van der Waals surface area (Å²) >= 11 is 0. The van der Waals surface area contributed by atoms with E-state index >= 15 is 0 Å². The van der Waals surface area contributed by atoms with Crippen molar-refractivity contribution in [3.05, 3.63) is 77.5 Å². The van der Waals surface area contributed by atoms with Crippen molar-refractivity contribution in [2.24, 2.45) is 0 Å². The van der Waals surface area contributed by atoms with E-state index in [9.17, 15) is 9.59 Å². The third-order valence-corrected chi connectivity index (χ3v) is 3.17. The number of carbonyl (C=O) groups excluding carboxylic acids is 2. The number of esters is 1. The molecule has 0 aromatic heterocycles. The quantitative estimate of drug-likeness (QED) is 0.496. The number of ether oxygens (including phenoxy) is 1. The zero-order valence-electron chi connectivity index (χ0n) is 13.1. The van der Waals surface area contributed by atoms with Gasteiger partial charge in [0.05, 0.1) is 5.56 Å². The lowest BCUT2D eigenvalue weighted by molar-refractivity contribution is 0.0475. The van der Waals surface area contributed by atoms with Crippen LogP contribution in [0.1, 0.15) is 20.7 Å². The fourth-order valence-electron chi connectivity index (χ4n) is 1.87. The standard InChI is InChI=1S/C19H13N3O3/c20-10-14(11-21)12-22-17-8-6-16(7-9-17)19(24)25-13-18(23)15-4-2-1-3-5-15/h1-9,12,22H,13H2. The number of nitriles is 2. The highest BCUT2D eigenvalue weighted by atomic mass is 16.5. The van der Waals surface area contributed by atoms with Crippen LogP contribution < -0.4 is 5.32 Å². The molecule has 2 aromatic rings. The first kappa shape index (κ1) is 17.5. The minimum atomic E-state index is -0.610. The molecule has 0 saturated heterocycles. The molecule has 2 rings (SSSR count). The number of anilines is 1. The highest BCUT2D eigenvalue weighted by molar-refractivity contribution is 5.99. The van der Waals surface area contributed by atoms with E-state index in [2.05, 4.69) is 5.32 Å². The van der Waals surface area contributed by atoms with Crippen molar-refractivity contribution in [2.75, 3.05) is 11.9 Å². The Hall–Kier alpha value is -3.90. The molecule has 0 saturated carbocycles. The van der Waals surface area contributed by atoms with E-state index in [1.807, 2.05) is 0 Å². The average Bonchev–Trinajstić information content (AvgIpc) is 2.67. The van der Waals surface area contributed by atoms with Crippen molar-refractivity contribution in [2.45, 2.75) is 0 Å². The highest BCUT2D eigenvalue weighted by Crippen LogP contribution is 2.11. The molecular formula is C19H13N3O3. The van der Waals surface area contributed by atoms with Crippen molar-refractivity contribution in [1.82, 2.24) is 0 Å². The Bertz CT molecular complexity index is 857. The molecule has 0 unspecified atom stereocenters. The van der Waals surface area contributed by atoms with Gasteiger partial charge in [0.2, 0.25) is 0 Å². The van der Waals surface area contributed by atoms with Crippen molar-refractivity contribution in [3.63, 3.8) is 0 Å². The predicted octanol–water partition coefficient (Wildman–Crippen LogP) is 3.07. The molecular weight excluding hydrogens is 318 g/mol. The van der Waals surface area contributed by atoms with Gasteiger partial charge in [-0.2, -0.15) is 10.5 Å². The highest BCUT2D eigenvalue weighted by Gasteiger charge is 2.11. The largest absolute Gasteiger partial charge is 0.454 e. The van der Waals surface area contributed by atoms with Crippen LogP contribution in [0.5, 0.6) is 0 Å². The number of nitrogens with one attached hydrogen (secondary N) is 1. The summed E-state index contributed by atoms with van der Waals surface area (Å²) in [7, 11) is 0. The molecule has 6 nitrogen and oxygen atoms in total. The van der Waals surface area contributed by atoms with Crippen LogP contribution in [-0.4, -0.2) is 18.4 Å². The summed E-state index contributed by atoms with van der Waals surface area (Å²) < 4.78 is 5.01. The number of hydrogen-bond donors (Lipinski definition) is 1. The number of rotatable bonds is 6. The zero-order chi connectivity index (χ0) is 18.1. The molecule has 122 valence electrons. The van der Waals surface area contributed by atoms with Gasteiger partial charge in [-0.3, -0.25) is 4.79 Å². The molecule has 6 heteroatoms. The van der Waals surface area contributed by atoms with Crippen molar-refractivity contribution in [3.8, 4) is 12.1 Å². The molecule has 0 aliphatic rings. The Morgan fingerprint density at radius 2 is 1.60 bits per heavy atom. The van der Waals surface area contributed by atoms with Gasteiger partial charge in [0, 0.05) is 17.5 Å². The van der Waals surface area contributed by atoms with Crippen LogP contribution >= 0.6 is 0 Å². The SMILES string of the molecule is N#CC(C#N)=CNc1ccc(C(=O)OCC(=O)c2ccccc2)cc1. The lowest BCUT2D eigenvalue weighted by Gasteiger charge is -2.06. The summed E-state index contributed by atoms with van der Waals surface area (Å²) in [4.78, 5) is 23.9. The van der Waals surface area contributed by atoms with E-state index in [-0.39, 0.29) is 23.5 Å². The number of Topliss-reactive ketones (excluding diaryl/α,β-unsaturated/α-hetero) is 1. The summed E-state index contributed by atoms with van der Waals surface area (Å²) in [6.45, 7) is -0.334. The molecule has 0 fully saturated rings. The minimum absolute atomic E-state index is 0.0667. The van der Waals surface area contributed by atoms with E-state index in [0.29, 0.717) is 11.3 Å². The van der Waals surface area contributed by atoms with Gasteiger partial charge in [0.25, 0.3) is 0 Å². The molecule has 25 heavy (non-hydrogen) atoms. The Kier molecular flexibility index (Phi) is 6.05. The van der Waals surface area contributed by atoms with Crippen molar-refractivity contribution >= 4 is 17.4 Å². The monoisotopic (exact) mass is 331 g/mol. The number of allylic oxidation sites excluding steroid dienone is 1. The second kappa shape index (κ2) is 8.66. The van der Waals surface area contributed by atoms with Crippen LogP contribution in [0, 0.1) is 22.7 Å². The fraction of sp³-hybridized carbons (Fsp3) is 0.0526. The Morgan fingerprint density at radius 3 is 2.20 bits per heavy atom. The van der Waals surface area contributed by atoms with E-state index in [4.69, 9.17) is 15.3 Å². The van der Waals surface area contributed by atoms with Crippen LogP contribution in [0.15, 0.2) is 66.4 Å². The molecule has 2 aromatic carbocycles. The third kappa shape index (κ3) is 5.05. The lowest BCUT2D eigenvalue weighted by atomic mass is 10.1. The maximum absolute atomic E-state index is 12.0. The summed E-state index contributed by atoms with van der Waals surface area (Å²) in [5.41, 5.74) is 1.30. The molecule has 0 radical (unpaired) electrons. The van der Waals surface area contributed by atoms with Crippen molar-refractivity contribution < 1.29 is 14.3 Å². The minimum Gasteiger partial charge on any atom is -0.454 e. The number of ketones is 1. The normalized spacial score (nSPS) is 9.20. The van der Waals surface area contributed by atoms with Crippen LogP contribution in [-0.2, 0) is 4.74 Å². The van der Waals surface area contributed by atoms with Gasteiger partial charge in [-0.25, -0.2) is 4.79 Å². The van der Waals surface area contributed by atoms with Crippen LogP contribution in [0.4, 0.5) is 5.69 Å². The molecule has 0 heterocycles. The van der Waals surface area contributed by atoms with Crippen LogP contribution in [0.25, 0.3) is 0 Å². The number of benzene rings is 2. The summed E-state index contributed by atoms with van der Waals surface area (Å²) in [5.74, 6) is -0.890. The van der Waals surface area contributed by atoms with Gasteiger partial charge < -0.3 is 10.1 Å². The maximum atomic E-state index is 12.0. The maximum Gasteiger partial charge on any atom is 0.338 e. The molecule has 0 atom stereocenters. The Labute approximate surface area is 144 Å². The molecule has 0 bridgehead atoms. The summed E-state index contributed by atoms with van der Waals surface area (Å²) in [6, 6.07) is 18.2. The Morgan fingerprint density at radius 1 is 0.960 bits per heavy atom. The molecule has 0 aliphatic carbocycles. The van der Waals surface area contributed by atoms with E-state index < -0.39 is 5.97 Å². The van der Waals surface area contributed by atoms with Gasteiger partial charge in [0.15, 0.2) is 12.4 Å². The van der Waals surface area contributed by atoms with Gasteiger partial charge in [-0.1, -0.05) is 30.3 Å². The zero-order valence-corrected chi connectivity index (χ0v) is 13.1. The average molecular weight is 331 g/mol. The van der Waals surface area contributed by atoms with Gasteiger partial charge in [-0.05, 0) is 24.3 Å². The summed E-state index contributed by atoms with van der Waals surface area (Å²) in [6.07, 6.45) is 1.27. The smallest absolute Gasteiger partial charge is 0.338 e. The second-order valence-electron chi connectivity index (χ2n) is 4.87. The van der Waals surface area contributed by atoms with Crippen LogP contribution in [0.2, 0.25) is 0 Å². The molecule has 0 amide bonds. The first-order valence-corrected chi connectivity index (χ1v) is 7.26. The molecule has 0 spiro atoms. The second-order valence-corrected chi connectivity index (χ2v) is 4.87. The van der Waals surface area contributed by atoms with Gasteiger partial charge in [0.1, 0.15) is 17.7 Å².